The Morgan fingerprint density at radius 3 is 2.06 bits per heavy atom. The Morgan fingerprint density at radius 2 is 1.42 bits per heavy atom. The van der Waals surface area contributed by atoms with Crippen LogP contribution in [0.3, 0.4) is 0 Å². The third-order valence-electron chi connectivity index (χ3n) is 8.97. The second-order valence-corrected chi connectivity index (χ2v) is 11.5. The zero-order valence-corrected chi connectivity index (χ0v) is 21.8. The smallest absolute Gasteiger partial charge is 0.245 e. The highest BCUT2D eigenvalue weighted by Gasteiger charge is 2.41. The van der Waals surface area contributed by atoms with Gasteiger partial charge < -0.3 is 26.2 Å². The molecule has 2 atom stereocenters. The summed E-state index contributed by atoms with van der Waals surface area (Å²) >= 11 is 0. The first kappa shape index (κ1) is 26.9. The van der Waals surface area contributed by atoms with Crippen molar-refractivity contribution in [3.8, 4) is 0 Å². The summed E-state index contributed by atoms with van der Waals surface area (Å²) in [7, 11) is 0. The van der Waals surface area contributed by atoms with Gasteiger partial charge in [0.05, 0.1) is 19.6 Å². The van der Waals surface area contributed by atoms with Gasteiger partial charge >= 0.3 is 0 Å². The summed E-state index contributed by atoms with van der Waals surface area (Å²) in [5.74, 6) is -0.446. The van der Waals surface area contributed by atoms with Gasteiger partial charge in [0, 0.05) is 37.8 Å². The van der Waals surface area contributed by atoms with E-state index in [4.69, 9.17) is 5.73 Å². The van der Waals surface area contributed by atoms with Gasteiger partial charge in [0.1, 0.15) is 12.1 Å². The van der Waals surface area contributed by atoms with Crippen LogP contribution < -0.4 is 16.4 Å². The number of carbonyl (C=O) groups is 4. The molecule has 2 aliphatic carbocycles. The lowest BCUT2D eigenvalue weighted by Crippen LogP contribution is -2.86. The number of piperidine rings is 1. The van der Waals surface area contributed by atoms with E-state index in [1.165, 1.54) is 6.42 Å². The Kier molecular flexibility index (Phi) is 9.62. The highest BCUT2D eigenvalue weighted by atomic mass is 16.2. The number of piperazine rings is 1. The number of nitrogens with two attached hydrogens (primary N) is 2. The summed E-state index contributed by atoms with van der Waals surface area (Å²) in [4.78, 5) is 56.2. The van der Waals surface area contributed by atoms with Crippen molar-refractivity contribution in [3.05, 3.63) is 0 Å². The summed E-state index contributed by atoms with van der Waals surface area (Å²) in [6.07, 6.45) is 12.8. The van der Waals surface area contributed by atoms with E-state index < -0.39 is 18.0 Å². The van der Waals surface area contributed by atoms with Gasteiger partial charge in [-0.1, -0.05) is 51.4 Å². The topological polar surface area (TPSA) is 129 Å². The van der Waals surface area contributed by atoms with Crippen LogP contribution in [0, 0.1) is 17.8 Å². The fourth-order valence-corrected chi connectivity index (χ4v) is 6.76. The third-order valence-corrected chi connectivity index (χ3v) is 8.97. The van der Waals surface area contributed by atoms with Crippen LogP contribution in [0.4, 0.5) is 0 Å². The highest BCUT2D eigenvalue weighted by molar-refractivity contribution is 5.93. The molecule has 0 bridgehead atoms. The first-order valence-electron chi connectivity index (χ1n) is 14.4. The molecule has 0 unspecified atom stereocenters. The van der Waals surface area contributed by atoms with Gasteiger partial charge in [-0.3, -0.25) is 19.2 Å². The Bertz CT molecular complexity index is 787. The molecule has 9 nitrogen and oxygen atoms in total. The maximum Gasteiger partial charge on any atom is 0.245 e. The number of hydrogen-bond donors (Lipinski definition) is 3. The summed E-state index contributed by atoms with van der Waals surface area (Å²) in [5, 5.41) is 5.14. The number of amides is 4. The van der Waals surface area contributed by atoms with Gasteiger partial charge in [-0.2, -0.15) is 0 Å². The van der Waals surface area contributed by atoms with Crippen molar-refractivity contribution in [2.45, 2.75) is 95.6 Å². The molecular weight excluding hydrogens is 458 g/mol. The molecule has 4 fully saturated rings. The summed E-state index contributed by atoms with van der Waals surface area (Å²) < 4.78 is 0. The minimum Gasteiger partial charge on any atom is -0.368 e. The van der Waals surface area contributed by atoms with E-state index in [0.717, 1.165) is 83.7 Å². The number of rotatable bonds is 7. The molecule has 4 amide bonds. The lowest BCUT2D eigenvalue weighted by molar-refractivity contribution is -0.664. The van der Waals surface area contributed by atoms with Gasteiger partial charge in [0.15, 0.2) is 0 Å². The van der Waals surface area contributed by atoms with E-state index in [1.54, 1.807) is 9.80 Å². The number of nitrogens with zero attached hydrogens (tertiary/aromatic N) is 2. The lowest BCUT2D eigenvalue weighted by Gasteiger charge is -2.43. The first-order chi connectivity index (χ1) is 17.4. The van der Waals surface area contributed by atoms with Crippen LogP contribution in [-0.2, 0) is 19.2 Å². The zero-order chi connectivity index (χ0) is 25.5. The average Bonchev–Trinajstić information content (AvgIpc) is 2.93. The van der Waals surface area contributed by atoms with Crippen LogP contribution in [0.25, 0.3) is 0 Å². The van der Waals surface area contributed by atoms with Gasteiger partial charge in [-0.05, 0) is 25.2 Å². The molecule has 0 spiro atoms. The van der Waals surface area contributed by atoms with E-state index >= 15 is 0 Å². The Balaban J connectivity index is 1.47. The van der Waals surface area contributed by atoms with E-state index in [9.17, 15) is 19.2 Å². The molecule has 0 aromatic heterocycles. The SMILES string of the molecule is NC(=O)[C@H](CC1CCCCC1)NC(=O)[C@H]1CN(C(=O)C2CC[NH2+]CC2)CCN1C(=O)C1CCCCC1. The fraction of sp³-hybridized carbons (Fsp3) is 0.852. The van der Waals surface area contributed by atoms with E-state index in [2.05, 4.69) is 10.6 Å². The standard InChI is InChI=1S/C27H45N5O4/c28-24(33)22(17-19-7-3-1-4-8-19)30-25(34)23-18-31(26(35)21-11-13-29-14-12-21)15-16-32(23)27(36)20-9-5-2-6-10-20/h19-23,29H,1-18H2,(H2,28,33)(H,30,34)/p+1/t22-,23+/m0/s1. The second kappa shape index (κ2) is 12.9. The molecule has 4 rings (SSSR count). The summed E-state index contributed by atoms with van der Waals surface area (Å²) in [5.41, 5.74) is 5.71. The Morgan fingerprint density at radius 1 is 0.806 bits per heavy atom. The number of quaternary nitrogens is 1. The molecule has 0 aromatic rings. The number of primary amides is 1. The van der Waals surface area contributed by atoms with Crippen molar-refractivity contribution in [1.29, 1.82) is 0 Å². The molecule has 0 radical (unpaired) electrons. The van der Waals surface area contributed by atoms with Crippen molar-refractivity contribution in [2.75, 3.05) is 32.7 Å². The van der Waals surface area contributed by atoms with E-state index in [0.29, 0.717) is 25.4 Å². The first-order valence-corrected chi connectivity index (χ1v) is 14.4. The van der Waals surface area contributed by atoms with Crippen LogP contribution in [0.1, 0.15) is 83.5 Å². The summed E-state index contributed by atoms with van der Waals surface area (Å²) in [6.45, 7) is 2.91. The van der Waals surface area contributed by atoms with Crippen molar-refractivity contribution in [2.24, 2.45) is 23.5 Å². The molecule has 9 heteroatoms. The monoisotopic (exact) mass is 504 g/mol. The molecule has 4 aliphatic rings. The average molecular weight is 505 g/mol. The quantitative estimate of drug-likeness (QED) is 0.467. The van der Waals surface area contributed by atoms with Crippen molar-refractivity contribution >= 4 is 23.6 Å². The largest absolute Gasteiger partial charge is 0.368 e. The van der Waals surface area contributed by atoms with Crippen LogP contribution >= 0.6 is 0 Å². The molecule has 36 heavy (non-hydrogen) atoms. The van der Waals surface area contributed by atoms with Crippen LogP contribution in [-0.4, -0.2) is 78.2 Å². The normalized spacial score (nSPS) is 25.8. The maximum absolute atomic E-state index is 13.6. The lowest BCUT2D eigenvalue weighted by atomic mass is 9.84. The van der Waals surface area contributed by atoms with Gasteiger partial charge in [0.25, 0.3) is 0 Å². The Hall–Kier alpha value is -2.16. The van der Waals surface area contributed by atoms with Gasteiger partial charge in [0.2, 0.25) is 23.6 Å². The predicted octanol–water partition coefficient (Wildman–Crippen LogP) is 0.520. The summed E-state index contributed by atoms with van der Waals surface area (Å²) in [6, 6.07) is -1.52. The zero-order valence-electron chi connectivity index (χ0n) is 21.8. The number of hydrogen-bond acceptors (Lipinski definition) is 4. The number of carbonyl (C=O) groups excluding carboxylic acids is 4. The molecule has 0 aromatic carbocycles. The predicted molar refractivity (Wildman–Crippen MR) is 135 cm³/mol. The minimum absolute atomic E-state index is 0.0102. The molecule has 5 N–H and O–H groups in total. The van der Waals surface area contributed by atoms with Crippen LogP contribution in [0.2, 0.25) is 0 Å². The molecule has 202 valence electrons. The van der Waals surface area contributed by atoms with Crippen molar-refractivity contribution < 1.29 is 24.5 Å². The molecular formula is C27H46N5O4+. The minimum atomic E-state index is -0.777. The second-order valence-electron chi connectivity index (χ2n) is 11.5. The fourth-order valence-electron chi connectivity index (χ4n) is 6.76. The molecule has 2 saturated heterocycles. The Labute approximate surface area is 215 Å². The van der Waals surface area contributed by atoms with Gasteiger partial charge in [-0.15, -0.1) is 0 Å². The third kappa shape index (κ3) is 6.78. The maximum atomic E-state index is 13.6. The van der Waals surface area contributed by atoms with E-state index in [-0.39, 0.29) is 36.1 Å². The van der Waals surface area contributed by atoms with E-state index in [1.807, 2.05) is 0 Å². The molecule has 2 aliphatic heterocycles. The molecule has 2 heterocycles. The number of nitrogens with one attached hydrogen (secondary N) is 1. The van der Waals surface area contributed by atoms with Gasteiger partial charge in [-0.25, -0.2) is 0 Å². The van der Waals surface area contributed by atoms with Crippen molar-refractivity contribution in [3.63, 3.8) is 0 Å². The highest BCUT2D eigenvalue weighted by Crippen LogP contribution is 2.29. The van der Waals surface area contributed by atoms with Crippen LogP contribution in [0.5, 0.6) is 0 Å². The van der Waals surface area contributed by atoms with Crippen LogP contribution in [0.15, 0.2) is 0 Å². The van der Waals surface area contributed by atoms with Crippen molar-refractivity contribution in [1.82, 2.24) is 15.1 Å². The molecule has 2 saturated carbocycles.